The molecule has 0 aliphatic carbocycles. The Kier molecular flexibility index (Phi) is 3.21. The number of carbonyl (C=O) groups is 1. The van der Waals surface area contributed by atoms with Gasteiger partial charge in [0.2, 0.25) is 11.9 Å². The van der Waals surface area contributed by atoms with Gasteiger partial charge in [0.15, 0.2) is 0 Å². The molecule has 106 valence electrons. The lowest BCUT2D eigenvalue weighted by Crippen LogP contribution is -2.55. The highest BCUT2D eigenvalue weighted by Gasteiger charge is 2.30. The van der Waals surface area contributed by atoms with Gasteiger partial charge in [0.05, 0.1) is 5.39 Å². The molecule has 1 fully saturated rings. The molecule has 1 aliphatic heterocycles. The highest BCUT2D eigenvalue weighted by molar-refractivity contribution is 7.18. The Balaban J connectivity index is 2.14. The Hall–Kier alpha value is -1.89. The van der Waals surface area contributed by atoms with Crippen LogP contribution in [0.4, 0.5) is 11.8 Å². The van der Waals surface area contributed by atoms with E-state index in [1.165, 1.54) is 0 Å². The number of hydrogen-bond donors (Lipinski definition) is 2. The summed E-state index contributed by atoms with van der Waals surface area (Å²) in [6.45, 7) is 5.41. The summed E-state index contributed by atoms with van der Waals surface area (Å²) in [4.78, 5) is 24.8. The van der Waals surface area contributed by atoms with Crippen LogP contribution in [0.25, 0.3) is 10.2 Å². The molecule has 1 unspecified atom stereocenters. The predicted molar refractivity (Wildman–Crippen MR) is 81.0 cm³/mol. The van der Waals surface area contributed by atoms with E-state index in [1.807, 2.05) is 18.7 Å². The minimum atomic E-state index is -0.193. The first-order valence-corrected chi connectivity index (χ1v) is 7.49. The zero-order valence-corrected chi connectivity index (χ0v) is 12.3. The average Bonchev–Trinajstić information content (AvgIpc) is 2.77. The number of nitrogens with zero attached hydrogens (tertiary/aromatic N) is 3. The fourth-order valence-corrected chi connectivity index (χ4v) is 3.52. The van der Waals surface area contributed by atoms with Crippen molar-refractivity contribution in [1.29, 1.82) is 0 Å². The third-order valence-corrected chi connectivity index (χ3v) is 4.45. The molecule has 1 atom stereocenters. The van der Waals surface area contributed by atoms with E-state index in [2.05, 4.69) is 21.4 Å². The molecule has 0 spiro atoms. The van der Waals surface area contributed by atoms with Crippen LogP contribution in [0.15, 0.2) is 6.07 Å². The zero-order chi connectivity index (χ0) is 14.3. The van der Waals surface area contributed by atoms with E-state index in [9.17, 15) is 4.79 Å². The van der Waals surface area contributed by atoms with Crippen molar-refractivity contribution in [3.05, 3.63) is 10.9 Å². The van der Waals surface area contributed by atoms with Gasteiger partial charge in [-0.05, 0) is 19.4 Å². The van der Waals surface area contributed by atoms with Gasteiger partial charge in [0, 0.05) is 18.0 Å². The number of thiophene rings is 1. The monoisotopic (exact) mass is 291 g/mol. The molecule has 7 heteroatoms. The first-order chi connectivity index (χ1) is 9.60. The third kappa shape index (κ3) is 2.07. The quantitative estimate of drug-likeness (QED) is 0.871. The van der Waals surface area contributed by atoms with Crippen molar-refractivity contribution in [2.75, 3.05) is 23.7 Å². The smallest absolute Gasteiger partial charge is 0.242 e. The zero-order valence-electron chi connectivity index (χ0n) is 11.5. The van der Waals surface area contributed by atoms with E-state index in [0.717, 1.165) is 33.9 Å². The van der Waals surface area contributed by atoms with Gasteiger partial charge in [-0.2, -0.15) is 4.98 Å². The lowest BCUT2D eigenvalue weighted by Gasteiger charge is -2.35. The highest BCUT2D eigenvalue weighted by atomic mass is 32.1. The summed E-state index contributed by atoms with van der Waals surface area (Å²) < 4.78 is 0. The average molecular weight is 291 g/mol. The molecule has 2 aromatic rings. The van der Waals surface area contributed by atoms with Crippen LogP contribution < -0.4 is 16.0 Å². The molecule has 6 nitrogen and oxygen atoms in total. The summed E-state index contributed by atoms with van der Waals surface area (Å²) in [6, 6.07) is 1.87. The number of carbonyl (C=O) groups excluding carboxylic acids is 1. The Morgan fingerprint density at radius 2 is 2.35 bits per heavy atom. The van der Waals surface area contributed by atoms with Crippen LogP contribution in [-0.4, -0.2) is 35.0 Å². The number of fused-ring (bicyclic) bond motifs is 1. The summed E-state index contributed by atoms with van der Waals surface area (Å²) in [5.74, 6) is 1.09. The molecule has 1 saturated heterocycles. The van der Waals surface area contributed by atoms with Crippen LogP contribution in [-0.2, 0) is 4.79 Å². The molecular weight excluding hydrogens is 274 g/mol. The summed E-state index contributed by atoms with van der Waals surface area (Å²) >= 11 is 1.60. The van der Waals surface area contributed by atoms with Crippen molar-refractivity contribution in [2.45, 2.75) is 26.3 Å². The van der Waals surface area contributed by atoms with Gasteiger partial charge in [-0.1, -0.05) is 6.92 Å². The number of piperazine rings is 1. The van der Waals surface area contributed by atoms with Gasteiger partial charge >= 0.3 is 0 Å². The van der Waals surface area contributed by atoms with Crippen molar-refractivity contribution in [1.82, 2.24) is 15.3 Å². The summed E-state index contributed by atoms with van der Waals surface area (Å²) in [5.41, 5.74) is 5.82. The number of rotatable bonds is 2. The minimum absolute atomic E-state index is 0.0519. The number of aryl methyl sites for hydroxylation is 1. The third-order valence-electron chi connectivity index (χ3n) is 3.50. The molecule has 3 rings (SSSR count). The fourth-order valence-electron chi connectivity index (χ4n) is 2.64. The van der Waals surface area contributed by atoms with Crippen molar-refractivity contribution in [3.8, 4) is 0 Å². The van der Waals surface area contributed by atoms with Crippen LogP contribution >= 0.6 is 11.3 Å². The minimum Gasteiger partial charge on any atom is -0.368 e. The number of nitrogens with one attached hydrogen (secondary N) is 1. The number of hydrogen-bond acceptors (Lipinski definition) is 6. The Morgan fingerprint density at radius 1 is 1.55 bits per heavy atom. The van der Waals surface area contributed by atoms with E-state index >= 15 is 0 Å². The first-order valence-electron chi connectivity index (χ1n) is 6.68. The van der Waals surface area contributed by atoms with E-state index in [-0.39, 0.29) is 17.9 Å². The second-order valence-corrected chi connectivity index (χ2v) is 6.12. The van der Waals surface area contributed by atoms with Crippen molar-refractivity contribution >= 4 is 39.2 Å². The Labute approximate surface area is 121 Å². The standard InChI is InChI=1S/C13H17N5OS/c1-3-9-11(19)15-4-5-18(9)10-8-6-7(2)20-12(8)17-13(14)16-10/h6,9H,3-5H2,1-2H3,(H,15,19)(H2,14,16,17). The number of nitrogen functional groups attached to an aromatic ring is 1. The largest absolute Gasteiger partial charge is 0.368 e. The second kappa shape index (κ2) is 4.90. The van der Waals surface area contributed by atoms with Gasteiger partial charge in [0.1, 0.15) is 16.7 Å². The van der Waals surface area contributed by atoms with Crippen molar-refractivity contribution in [2.24, 2.45) is 0 Å². The molecule has 0 bridgehead atoms. The van der Waals surface area contributed by atoms with Crippen LogP contribution in [0.2, 0.25) is 0 Å². The molecule has 0 aromatic carbocycles. The predicted octanol–water partition coefficient (Wildman–Crippen LogP) is 1.30. The first kappa shape index (κ1) is 13.1. The van der Waals surface area contributed by atoms with Gasteiger partial charge in [0.25, 0.3) is 0 Å². The normalized spacial score (nSPS) is 19.4. The summed E-state index contributed by atoms with van der Waals surface area (Å²) in [5, 5.41) is 3.88. The van der Waals surface area contributed by atoms with Crippen LogP contribution in [0.1, 0.15) is 18.2 Å². The lowest BCUT2D eigenvalue weighted by molar-refractivity contribution is -0.123. The molecular formula is C13H17N5OS. The second-order valence-electron chi connectivity index (χ2n) is 4.89. The van der Waals surface area contributed by atoms with Crippen molar-refractivity contribution in [3.63, 3.8) is 0 Å². The molecule has 1 amide bonds. The van der Waals surface area contributed by atoms with Crippen LogP contribution in [0.5, 0.6) is 0 Å². The van der Waals surface area contributed by atoms with Crippen LogP contribution in [0, 0.1) is 6.92 Å². The van der Waals surface area contributed by atoms with Gasteiger partial charge in [-0.25, -0.2) is 4.98 Å². The molecule has 0 saturated carbocycles. The number of anilines is 2. The number of aromatic nitrogens is 2. The summed E-state index contributed by atoms with van der Waals surface area (Å²) in [7, 11) is 0. The molecule has 3 N–H and O–H groups in total. The van der Waals surface area contributed by atoms with E-state index in [1.54, 1.807) is 11.3 Å². The van der Waals surface area contributed by atoms with E-state index in [4.69, 9.17) is 5.73 Å². The lowest BCUT2D eigenvalue weighted by atomic mass is 10.1. The Bertz CT molecular complexity index is 668. The maximum atomic E-state index is 12.0. The van der Waals surface area contributed by atoms with E-state index in [0.29, 0.717) is 6.54 Å². The SMILES string of the molecule is CCC1C(=O)NCCN1c1nc(N)nc2sc(C)cc12. The Morgan fingerprint density at radius 3 is 3.10 bits per heavy atom. The molecule has 1 aliphatic rings. The highest BCUT2D eigenvalue weighted by Crippen LogP contribution is 2.32. The maximum Gasteiger partial charge on any atom is 0.242 e. The number of amides is 1. The molecule has 20 heavy (non-hydrogen) atoms. The molecule has 3 heterocycles. The summed E-state index contributed by atoms with van der Waals surface area (Å²) in [6.07, 6.45) is 0.736. The molecule has 2 aromatic heterocycles. The maximum absolute atomic E-state index is 12.0. The topological polar surface area (TPSA) is 84.1 Å². The fraction of sp³-hybridized carbons (Fsp3) is 0.462. The van der Waals surface area contributed by atoms with Gasteiger partial charge in [-0.15, -0.1) is 11.3 Å². The van der Waals surface area contributed by atoms with Crippen molar-refractivity contribution < 1.29 is 4.79 Å². The number of nitrogens with two attached hydrogens (primary N) is 1. The molecule has 0 radical (unpaired) electrons. The van der Waals surface area contributed by atoms with Crippen LogP contribution in [0.3, 0.4) is 0 Å². The van der Waals surface area contributed by atoms with Gasteiger partial charge < -0.3 is 16.0 Å². The van der Waals surface area contributed by atoms with Gasteiger partial charge in [-0.3, -0.25) is 4.79 Å². The van der Waals surface area contributed by atoms with E-state index < -0.39 is 0 Å².